The van der Waals surface area contributed by atoms with Crippen molar-refractivity contribution in [2.45, 2.75) is 0 Å². The molecule has 2 nitrogen and oxygen atoms in total. The molecule has 1 heterocycles. The van der Waals surface area contributed by atoms with Crippen LogP contribution in [0.5, 0.6) is 0 Å². The van der Waals surface area contributed by atoms with Crippen LogP contribution in [0.25, 0.3) is 0 Å². The van der Waals surface area contributed by atoms with E-state index < -0.39 is 0 Å². The van der Waals surface area contributed by atoms with Gasteiger partial charge in [0.2, 0.25) is 0 Å². The minimum absolute atomic E-state index is 0. The molecule has 0 fully saturated rings. The van der Waals surface area contributed by atoms with Gasteiger partial charge in [-0.05, 0) is 6.07 Å². The minimum Gasteiger partial charge on any atom is -0.293 e. The summed E-state index contributed by atoms with van der Waals surface area (Å²) in [5, 5.41) is 0.688. The third-order valence-corrected chi connectivity index (χ3v) is 2.00. The van der Waals surface area contributed by atoms with Crippen molar-refractivity contribution in [1.29, 1.82) is 0 Å². The van der Waals surface area contributed by atoms with E-state index in [1.165, 1.54) is 6.20 Å². The van der Waals surface area contributed by atoms with Crippen LogP contribution < -0.4 is 0 Å². The van der Waals surface area contributed by atoms with Gasteiger partial charge in [0.15, 0.2) is 5.78 Å². The summed E-state index contributed by atoms with van der Waals surface area (Å²) >= 11 is 8.75. The van der Waals surface area contributed by atoms with Gasteiger partial charge in [-0.25, -0.2) is 0 Å². The van der Waals surface area contributed by atoms with Crippen molar-refractivity contribution >= 4 is 50.3 Å². The lowest BCUT2D eigenvalue weighted by Gasteiger charge is -1.97. The number of hydrogen-bond acceptors (Lipinski definition) is 2. The molecule has 0 spiro atoms. The zero-order chi connectivity index (χ0) is 8.27. The number of nitrogens with zero attached hydrogens (tertiary/aromatic N) is 1. The standard InChI is InChI=1S/C7H5BrClNO.BrH/c8-3-7(11)5-1-2-10-4-6(5)9;/h1-2,4H,3H2;1H. The molecule has 0 atom stereocenters. The molecular weight excluding hydrogens is 309 g/mol. The maximum Gasteiger partial charge on any atom is 0.174 e. The maximum absolute atomic E-state index is 11.1. The molecule has 0 aromatic carbocycles. The third-order valence-electron chi connectivity index (χ3n) is 1.19. The number of carbonyl (C=O) groups is 1. The SMILES string of the molecule is Br.O=C(CBr)c1ccncc1Cl. The molecule has 0 saturated heterocycles. The molecule has 12 heavy (non-hydrogen) atoms. The first-order valence-electron chi connectivity index (χ1n) is 2.94. The smallest absolute Gasteiger partial charge is 0.174 e. The Labute approximate surface area is 94.2 Å². The summed E-state index contributed by atoms with van der Waals surface area (Å²) in [6, 6.07) is 1.60. The molecule has 0 amide bonds. The van der Waals surface area contributed by atoms with E-state index in [-0.39, 0.29) is 28.1 Å². The van der Waals surface area contributed by atoms with E-state index in [1.807, 2.05) is 0 Å². The molecule has 0 bridgehead atoms. The molecule has 0 aliphatic rings. The van der Waals surface area contributed by atoms with Crippen LogP contribution in [0.3, 0.4) is 0 Å². The second-order valence-electron chi connectivity index (χ2n) is 1.91. The molecular formula is C7H6Br2ClNO. The first-order valence-corrected chi connectivity index (χ1v) is 4.44. The molecule has 0 N–H and O–H groups in total. The summed E-state index contributed by atoms with van der Waals surface area (Å²) < 4.78 is 0. The third kappa shape index (κ3) is 2.84. The summed E-state index contributed by atoms with van der Waals surface area (Å²) in [6.07, 6.45) is 3.00. The van der Waals surface area contributed by atoms with Crippen molar-refractivity contribution in [3.8, 4) is 0 Å². The lowest BCUT2D eigenvalue weighted by Crippen LogP contribution is -2.00. The maximum atomic E-state index is 11.1. The van der Waals surface area contributed by atoms with E-state index in [0.717, 1.165) is 0 Å². The first-order chi connectivity index (χ1) is 5.25. The first kappa shape index (κ1) is 12.1. The molecule has 66 valence electrons. The number of carbonyl (C=O) groups excluding carboxylic acids is 1. The Morgan fingerprint density at radius 2 is 2.33 bits per heavy atom. The number of ketones is 1. The quantitative estimate of drug-likeness (QED) is 0.620. The number of rotatable bonds is 2. The minimum atomic E-state index is -0.0302. The summed E-state index contributed by atoms with van der Waals surface area (Å²) in [6.45, 7) is 0. The van der Waals surface area contributed by atoms with Crippen LogP contribution in [0.4, 0.5) is 0 Å². The van der Waals surface area contributed by atoms with Gasteiger partial charge in [-0.1, -0.05) is 27.5 Å². The molecule has 0 radical (unpaired) electrons. The van der Waals surface area contributed by atoms with Crippen LogP contribution in [0.1, 0.15) is 10.4 Å². The summed E-state index contributed by atoms with van der Waals surface area (Å²) in [7, 11) is 0. The zero-order valence-corrected chi connectivity index (χ0v) is 10.0. The van der Waals surface area contributed by atoms with Gasteiger partial charge in [0.25, 0.3) is 0 Å². The van der Waals surface area contributed by atoms with Crippen molar-refractivity contribution in [2.24, 2.45) is 0 Å². The predicted octanol–water partition coefficient (Wildman–Crippen LogP) is 2.89. The van der Waals surface area contributed by atoms with E-state index in [4.69, 9.17) is 11.6 Å². The van der Waals surface area contributed by atoms with E-state index in [1.54, 1.807) is 12.3 Å². The van der Waals surface area contributed by atoms with Crippen LogP contribution >= 0.6 is 44.5 Å². The van der Waals surface area contributed by atoms with Crippen LogP contribution in [-0.2, 0) is 0 Å². The van der Waals surface area contributed by atoms with Gasteiger partial charge in [-0.3, -0.25) is 9.78 Å². The number of pyridine rings is 1. The van der Waals surface area contributed by atoms with Gasteiger partial charge in [0, 0.05) is 18.0 Å². The fourth-order valence-corrected chi connectivity index (χ4v) is 1.20. The highest BCUT2D eigenvalue weighted by atomic mass is 79.9. The number of halogens is 3. The van der Waals surface area contributed by atoms with E-state index in [0.29, 0.717) is 10.6 Å². The molecule has 0 aliphatic carbocycles. The molecule has 0 saturated carbocycles. The van der Waals surface area contributed by atoms with Gasteiger partial charge < -0.3 is 0 Å². The summed E-state index contributed by atoms with van der Waals surface area (Å²) in [4.78, 5) is 14.8. The topological polar surface area (TPSA) is 30.0 Å². The fraction of sp³-hybridized carbons (Fsp3) is 0.143. The average Bonchev–Trinajstić information content (AvgIpc) is 2.04. The van der Waals surface area contributed by atoms with E-state index >= 15 is 0 Å². The number of alkyl halides is 1. The fourth-order valence-electron chi connectivity index (χ4n) is 0.673. The lowest BCUT2D eigenvalue weighted by atomic mass is 10.2. The van der Waals surface area contributed by atoms with Crippen molar-refractivity contribution in [2.75, 3.05) is 5.33 Å². The van der Waals surface area contributed by atoms with Gasteiger partial charge in [0.05, 0.1) is 10.4 Å². The van der Waals surface area contributed by atoms with Crippen molar-refractivity contribution in [1.82, 2.24) is 4.98 Å². The molecule has 0 unspecified atom stereocenters. The van der Waals surface area contributed by atoms with Crippen LogP contribution in [0, 0.1) is 0 Å². The second-order valence-corrected chi connectivity index (χ2v) is 2.88. The number of hydrogen-bond donors (Lipinski definition) is 0. The molecule has 1 aromatic heterocycles. The Balaban J connectivity index is 0.00000121. The van der Waals surface area contributed by atoms with Gasteiger partial charge in [-0.15, -0.1) is 17.0 Å². The second kappa shape index (κ2) is 5.67. The number of aromatic nitrogens is 1. The van der Waals surface area contributed by atoms with Crippen LogP contribution in [0.2, 0.25) is 5.02 Å². The van der Waals surface area contributed by atoms with Gasteiger partial charge in [-0.2, -0.15) is 0 Å². The lowest BCUT2D eigenvalue weighted by molar-refractivity contribution is 0.102. The predicted molar refractivity (Wildman–Crippen MR) is 57.7 cm³/mol. The monoisotopic (exact) mass is 313 g/mol. The van der Waals surface area contributed by atoms with Gasteiger partial charge in [0.1, 0.15) is 0 Å². The Morgan fingerprint density at radius 3 is 2.83 bits per heavy atom. The highest BCUT2D eigenvalue weighted by molar-refractivity contribution is 9.09. The summed E-state index contributed by atoms with van der Waals surface area (Å²) in [5.41, 5.74) is 0.513. The van der Waals surface area contributed by atoms with E-state index in [9.17, 15) is 4.79 Å². The van der Waals surface area contributed by atoms with E-state index in [2.05, 4.69) is 20.9 Å². The normalized spacial score (nSPS) is 8.83. The Hall–Kier alpha value is 0.0700. The molecule has 1 aromatic rings. The average molecular weight is 315 g/mol. The Morgan fingerprint density at radius 1 is 1.67 bits per heavy atom. The zero-order valence-electron chi connectivity index (χ0n) is 5.96. The Bertz CT molecular complexity index is 280. The highest BCUT2D eigenvalue weighted by Gasteiger charge is 2.06. The van der Waals surface area contributed by atoms with Crippen molar-refractivity contribution < 1.29 is 4.79 Å². The number of Topliss-reactive ketones (excluding diaryl/α,β-unsaturated/α-hetero) is 1. The summed E-state index contributed by atoms with van der Waals surface area (Å²) in [5.74, 6) is -0.0302. The van der Waals surface area contributed by atoms with Crippen LogP contribution in [0.15, 0.2) is 18.5 Å². The van der Waals surface area contributed by atoms with Crippen molar-refractivity contribution in [3.05, 3.63) is 29.0 Å². The molecule has 0 aliphatic heterocycles. The highest BCUT2D eigenvalue weighted by Crippen LogP contribution is 2.14. The molecule has 1 rings (SSSR count). The van der Waals surface area contributed by atoms with Crippen LogP contribution in [-0.4, -0.2) is 16.1 Å². The Kier molecular flexibility index (Phi) is 5.70. The van der Waals surface area contributed by atoms with Crippen molar-refractivity contribution in [3.63, 3.8) is 0 Å². The molecule has 5 heteroatoms. The largest absolute Gasteiger partial charge is 0.293 e. The van der Waals surface area contributed by atoms with Gasteiger partial charge >= 0.3 is 0 Å².